The zero-order valence-electron chi connectivity index (χ0n) is 35.7. The second kappa shape index (κ2) is 24.6. The minimum atomic E-state index is -3.74. The number of ether oxygens (including phenoxy) is 7. The number of furan rings is 1. The highest BCUT2D eigenvalue weighted by Gasteiger charge is 2.33. The van der Waals surface area contributed by atoms with Gasteiger partial charge < -0.3 is 48.0 Å². The van der Waals surface area contributed by atoms with E-state index in [2.05, 4.69) is 10.1 Å². The predicted molar refractivity (Wildman–Crippen MR) is 232 cm³/mol. The molecule has 1 aliphatic carbocycles. The first-order chi connectivity index (χ1) is 30.4. The second-order valence-electron chi connectivity index (χ2n) is 14.3. The van der Waals surface area contributed by atoms with Crippen LogP contribution in [0.25, 0.3) is 28.1 Å². The number of aliphatic hydroxyl groups excluding tert-OH is 1. The largest absolute Gasteiger partial charge is 0.507 e. The molecule has 1 saturated carbocycles. The first kappa shape index (κ1) is 48.8. The lowest BCUT2D eigenvalue weighted by Crippen LogP contribution is -2.34. The number of carbonyl (C=O) groups excluding carboxylic acids is 3. The molecule has 0 saturated heterocycles. The molecule has 0 spiro atoms. The Hall–Kier alpha value is -5.21. The van der Waals surface area contributed by atoms with E-state index in [9.17, 15) is 32.3 Å². The van der Waals surface area contributed by atoms with Gasteiger partial charge in [-0.15, -0.1) is 0 Å². The van der Waals surface area contributed by atoms with Crippen LogP contribution in [0.15, 0.2) is 71.2 Å². The molecule has 0 bridgehead atoms. The predicted octanol–water partition coefficient (Wildman–Crippen LogP) is 5.57. The van der Waals surface area contributed by atoms with E-state index >= 15 is 0 Å². The second-order valence-corrected chi connectivity index (χ2v) is 16.2. The zero-order chi connectivity index (χ0) is 45.2. The number of carbonyl (C=O) groups is 3. The molecular weight excluding hydrogens is 844 g/mol. The molecule has 5 rings (SSSR count). The van der Waals surface area contributed by atoms with Gasteiger partial charge in [0.1, 0.15) is 22.9 Å². The summed E-state index contributed by atoms with van der Waals surface area (Å²) in [4.78, 5) is 36.4. The maximum atomic E-state index is 13.7. The van der Waals surface area contributed by atoms with Gasteiger partial charge in [0.2, 0.25) is 10.0 Å². The van der Waals surface area contributed by atoms with Crippen molar-refractivity contribution in [3.63, 3.8) is 0 Å². The molecule has 16 nitrogen and oxygen atoms in total. The van der Waals surface area contributed by atoms with Crippen LogP contribution in [0.5, 0.6) is 0 Å². The lowest BCUT2D eigenvalue weighted by Gasteiger charge is -2.25. The highest BCUT2D eigenvalue weighted by Crippen LogP contribution is 2.48. The molecule has 4 aromatic rings. The third-order valence-corrected chi connectivity index (χ3v) is 10.8. The van der Waals surface area contributed by atoms with E-state index in [1.807, 2.05) is 6.07 Å². The van der Waals surface area contributed by atoms with Gasteiger partial charge in [-0.3, -0.25) is 13.9 Å². The van der Waals surface area contributed by atoms with Gasteiger partial charge >= 0.3 is 5.97 Å². The monoisotopic (exact) mass is 898 g/mol. The molecule has 1 fully saturated rings. The normalized spacial score (nSPS) is 13.0. The molecular formula is C45H55FN2O14S. The molecule has 1 aromatic heterocycles. The van der Waals surface area contributed by atoms with Crippen molar-refractivity contribution in [3.05, 3.63) is 94.8 Å². The maximum absolute atomic E-state index is 13.7. The van der Waals surface area contributed by atoms with E-state index in [-0.39, 0.29) is 62.9 Å². The summed E-state index contributed by atoms with van der Waals surface area (Å²) in [6.45, 7) is 5.46. The van der Waals surface area contributed by atoms with Crippen molar-refractivity contribution in [1.82, 2.24) is 5.32 Å². The van der Waals surface area contributed by atoms with Gasteiger partial charge in [-0.2, -0.15) is 0 Å². The molecule has 1 aliphatic rings. The summed E-state index contributed by atoms with van der Waals surface area (Å²) >= 11 is 0. The van der Waals surface area contributed by atoms with E-state index in [0.29, 0.717) is 86.2 Å². The minimum Gasteiger partial charge on any atom is -0.507 e. The number of hydrogen-bond acceptors (Lipinski definition) is 14. The number of nitrogens with zero attached hydrogens (tertiary/aromatic N) is 1. The molecule has 63 heavy (non-hydrogen) atoms. The summed E-state index contributed by atoms with van der Waals surface area (Å²) < 4.78 is 85.6. The molecule has 2 N–H and O–H groups in total. The molecule has 1 heterocycles. The lowest BCUT2D eigenvalue weighted by atomic mass is 10.0. The van der Waals surface area contributed by atoms with Crippen molar-refractivity contribution in [2.24, 2.45) is 0 Å². The van der Waals surface area contributed by atoms with E-state index in [0.717, 1.165) is 36.3 Å². The number of ketones is 1. The Balaban J connectivity index is 0.930. The summed E-state index contributed by atoms with van der Waals surface area (Å²) in [6, 6.07) is 15.9. The number of rotatable bonds is 29. The Bertz CT molecular complexity index is 2270. The van der Waals surface area contributed by atoms with E-state index in [1.165, 1.54) is 35.6 Å². The first-order valence-electron chi connectivity index (χ1n) is 20.6. The van der Waals surface area contributed by atoms with E-state index in [4.69, 9.17) is 32.8 Å². The third kappa shape index (κ3) is 14.9. The number of nitrogens with one attached hydrogen (secondary N) is 1. The highest BCUT2D eigenvalue weighted by atomic mass is 32.2. The Morgan fingerprint density at radius 1 is 0.841 bits per heavy atom. The van der Waals surface area contributed by atoms with Crippen LogP contribution in [0.3, 0.4) is 0 Å². The molecule has 0 radical (unpaired) electrons. The van der Waals surface area contributed by atoms with Gasteiger partial charge in [0.25, 0.3) is 11.7 Å². The average molecular weight is 899 g/mol. The van der Waals surface area contributed by atoms with Gasteiger partial charge in [0.05, 0.1) is 110 Å². The SMILES string of the molecule is CCOC(=O)C(=O)C=C(O)c1cccc(COCCOCCOCCOCCOCCOCCN(c2cc3oc(-c4ccc(F)cc4)c(C(=O)NC)c3cc2C2CC2)S(C)(=O)=O)c1. The van der Waals surface area contributed by atoms with Crippen LogP contribution in [-0.4, -0.2) is 130 Å². The topological polar surface area (TPSA) is 199 Å². The van der Waals surface area contributed by atoms with Crippen molar-refractivity contribution in [2.75, 3.05) is 103 Å². The van der Waals surface area contributed by atoms with Crippen molar-refractivity contribution >= 4 is 50.1 Å². The average Bonchev–Trinajstić information content (AvgIpc) is 4.05. The lowest BCUT2D eigenvalue weighted by molar-refractivity contribution is -0.151. The Labute approximate surface area is 366 Å². The fourth-order valence-electron chi connectivity index (χ4n) is 6.43. The van der Waals surface area contributed by atoms with Crippen molar-refractivity contribution < 1.29 is 69.9 Å². The van der Waals surface area contributed by atoms with Gasteiger partial charge in [0, 0.05) is 35.7 Å². The number of hydrogen-bond donors (Lipinski definition) is 2. The summed E-state index contributed by atoms with van der Waals surface area (Å²) in [5.41, 5.74) is 3.54. The van der Waals surface area contributed by atoms with E-state index in [1.54, 1.807) is 37.3 Å². The highest BCUT2D eigenvalue weighted by molar-refractivity contribution is 7.92. The van der Waals surface area contributed by atoms with Crippen LogP contribution in [-0.2, 0) is 59.4 Å². The van der Waals surface area contributed by atoms with Crippen molar-refractivity contribution in [3.8, 4) is 11.3 Å². The van der Waals surface area contributed by atoms with Crippen LogP contribution >= 0.6 is 0 Å². The molecule has 0 unspecified atom stereocenters. The fraction of sp³-hybridized carbons (Fsp3) is 0.444. The van der Waals surface area contributed by atoms with E-state index < -0.39 is 27.6 Å². The van der Waals surface area contributed by atoms with Gasteiger partial charge in [-0.1, -0.05) is 18.2 Å². The van der Waals surface area contributed by atoms with Crippen LogP contribution < -0.4 is 9.62 Å². The molecule has 18 heteroatoms. The van der Waals surface area contributed by atoms with Crippen molar-refractivity contribution in [1.29, 1.82) is 0 Å². The summed E-state index contributed by atoms with van der Waals surface area (Å²) in [5, 5.41) is 13.4. The number of halogens is 1. The minimum absolute atomic E-state index is 0.0496. The summed E-state index contributed by atoms with van der Waals surface area (Å²) in [7, 11) is -2.22. The number of fused-ring (bicyclic) bond motifs is 1. The smallest absolute Gasteiger partial charge is 0.379 e. The number of anilines is 1. The maximum Gasteiger partial charge on any atom is 0.379 e. The van der Waals surface area contributed by atoms with Crippen LogP contribution in [0.1, 0.15) is 52.7 Å². The fourth-order valence-corrected chi connectivity index (χ4v) is 7.35. The number of sulfonamides is 1. The first-order valence-corrected chi connectivity index (χ1v) is 22.5. The van der Waals surface area contributed by atoms with Gasteiger partial charge in [0.15, 0.2) is 0 Å². The van der Waals surface area contributed by atoms with Crippen molar-refractivity contribution in [2.45, 2.75) is 32.3 Å². The van der Waals surface area contributed by atoms with Gasteiger partial charge in [-0.25, -0.2) is 17.6 Å². The van der Waals surface area contributed by atoms with Gasteiger partial charge in [-0.05, 0) is 73.2 Å². The van der Waals surface area contributed by atoms with Crippen LogP contribution in [0.2, 0.25) is 0 Å². The Morgan fingerprint density at radius 3 is 1.98 bits per heavy atom. The number of esters is 1. The Morgan fingerprint density at radius 2 is 1.43 bits per heavy atom. The molecule has 342 valence electrons. The molecule has 0 atom stereocenters. The van der Waals surface area contributed by atoms with Crippen LogP contribution in [0, 0.1) is 5.82 Å². The Kier molecular flexibility index (Phi) is 19.1. The van der Waals surface area contributed by atoms with Crippen LogP contribution in [0.4, 0.5) is 10.1 Å². The quantitative estimate of drug-likeness (QED) is 0.0225. The summed E-state index contributed by atoms with van der Waals surface area (Å²) in [5.74, 6) is -2.73. The zero-order valence-corrected chi connectivity index (χ0v) is 36.5. The summed E-state index contributed by atoms with van der Waals surface area (Å²) in [6.07, 6.45) is 3.73. The molecule has 0 aliphatic heterocycles. The number of aliphatic hydroxyl groups is 1. The molecule has 1 amide bonds. The molecule has 3 aromatic carbocycles. The third-order valence-electron chi connectivity index (χ3n) is 9.62. The number of benzene rings is 3. The standard InChI is InChI=1S/C45H55FN2O14S/c1-4-61-45(52)40(50)29-39(49)34-7-5-6-31(26-34)30-60-25-24-59-23-22-58-21-20-57-19-18-56-17-16-55-15-14-48(63(3,53)54)38-28-41-37(27-36(38)32-8-9-32)42(44(51)47-2)43(62-41)33-10-12-35(46)13-11-33/h5-7,10-13,26-29,32,49H,4,8-9,14-25,30H2,1-3H3,(H,47,51). The number of amides is 1.